The van der Waals surface area contributed by atoms with Gasteiger partial charge < -0.3 is 5.32 Å². The maximum Gasteiger partial charge on any atom is 0.133 e. The van der Waals surface area contributed by atoms with Crippen LogP contribution in [0.3, 0.4) is 0 Å². The summed E-state index contributed by atoms with van der Waals surface area (Å²) < 4.78 is 2.00. The van der Waals surface area contributed by atoms with E-state index in [0.717, 1.165) is 48.1 Å². The zero-order chi connectivity index (χ0) is 13.8. The first-order valence-corrected chi connectivity index (χ1v) is 6.78. The molecule has 0 amide bonds. The highest BCUT2D eigenvalue weighted by atomic mass is 15.3. The number of rotatable bonds is 5. The molecule has 2 rings (SSSR count). The van der Waals surface area contributed by atoms with Gasteiger partial charge in [0.25, 0.3) is 0 Å². The molecule has 2 aromatic rings. The SMILES string of the molecule is CCCn1nccc1-c1nc(C)nc(NCC)c1C. The van der Waals surface area contributed by atoms with Crippen LogP contribution in [0.4, 0.5) is 5.82 Å². The average molecular weight is 259 g/mol. The van der Waals surface area contributed by atoms with Crippen molar-refractivity contribution in [1.29, 1.82) is 0 Å². The van der Waals surface area contributed by atoms with Crippen LogP contribution in [0.2, 0.25) is 0 Å². The fraction of sp³-hybridized carbons (Fsp3) is 0.500. The van der Waals surface area contributed by atoms with Crippen molar-refractivity contribution in [3.63, 3.8) is 0 Å². The smallest absolute Gasteiger partial charge is 0.133 e. The first kappa shape index (κ1) is 13.5. The van der Waals surface area contributed by atoms with Crippen LogP contribution < -0.4 is 5.32 Å². The van der Waals surface area contributed by atoms with E-state index in [1.165, 1.54) is 0 Å². The molecule has 0 unspecified atom stereocenters. The van der Waals surface area contributed by atoms with Gasteiger partial charge in [0.2, 0.25) is 0 Å². The fourth-order valence-electron chi connectivity index (χ4n) is 2.14. The van der Waals surface area contributed by atoms with Crippen LogP contribution in [0, 0.1) is 13.8 Å². The van der Waals surface area contributed by atoms with Crippen molar-refractivity contribution in [3.05, 3.63) is 23.7 Å². The molecule has 0 bridgehead atoms. The minimum absolute atomic E-state index is 0.779. The van der Waals surface area contributed by atoms with Crippen LogP contribution in [-0.2, 0) is 6.54 Å². The molecule has 0 aliphatic heterocycles. The van der Waals surface area contributed by atoms with Gasteiger partial charge in [-0.1, -0.05) is 6.92 Å². The predicted octanol–water partition coefficient (Wildman–Crippen LogP) is 2.80. The van der Waals surface area contributed by atoms with Gasteiger partial charge in [0, 0.05) is 24.8 Å². The number of nitrogens with zero attached hydrogens (tertiary/aromatic N) is 4. The lowest BCUT2D eigenvalue weighted by molar-refractivity contribution is 0.607. The van der Waals surface area contributed by atoms with Gasteiger partial charge in [0.05, 0.1) is 11.4 Å². The molecule has 5 heteroatoms. The van der Waals surface area contributed by atoms with Crippen LogP contribution in [0.25, 0.3) is 11.4 Å². The Morgan fingerprint density at radius 1 is 1.21 bits per heavy atom. The van der Waals surface area contributed by atoms with E-state index in [2.05, 4.69) is 41.2 Å². The zero-order valence-electron chi connectivity index (χ0n) is 12.1. The Hall–Kier alpha value is -1.91. The second kappa shape index (κ2) is 5.82. The van der Waals surface area contributed by atoms with Crippen molar-refractivity contribution >= 4 is 5.82 Å². The van der Waals surface area contributed by atoms with Gasteiger partial charge in [0.1, 0.15) is 11.6 Å². The summed E-state index contributed by atoms with van der Waals surface area (Å²) in [6.45, 7) is 9.94. The lowest BCUT2D eigenvalue weighted by Gasteiger charge is -2.13. The number of anilines is 1. The maximum atomic E-state index is 4.59. The maximum absolute atomic E-state index is 4.59. The molecule has 0 atom stereocenters. The number of nitrogens with one attached hydrogen (secondary N) is 1. The van der Waals surface area contributed by atoms with Gasteiger partial charge in [0.15, 0.2) is 0 Å². The number of hydrogen-bond donors (Lipinski definition) is 1. The third kappa shape index (κ3) is 2.75. The molecule has 0 fully saturated rings. The number of hydrogen-bond acceptors (Lipinski definition) is 4. The van der Waals surface area contributed by atoms with Gasteiger partial charge in [-0.05, 0) is 33.3 Å². The fourth-order valence-corrected chi connectivity index (χ4v) is 2.14. The summed E-state index contributed by atoms with van der Waals surface area (Å²) in [5, 5.41) is 7.65. The van der Waals surface area contributed by atoms with Gasteiger partial charge in [-0.2, -0.15) is 5.10 Å². The Kier molecular flexibility index (Phi) is 4.14. The van der Waals surface area contributed by atoms with E-state index in [4.69, 9.17) is 0 Å². The van der Waals surface area contributed by atoms with E-state index in [1.54, 1.807) is 0 Å². The zero-order valence-corrected chi connectivity index (χ0v) is 12.1. The molecular formula is C14H21N5. The van der Waals surface area contributed by atoms with E-state index in [9.17, 15) is 0 Å². The molecule has 0 radical (unpaired) electrons. The molecule has 0 aliphatic rings. The largest absolute Gasteiger partial charge is 0.370 e. The van der Waals surface area contributed by atoms with Crippen molar-refractivity contribution in [2.45, 2.75) is 40.7 Å². The normalized spacial score (nSPS) is 10.7. The standard InChI is InChI=1S/C14H21N5/c1-5-9-19-12(7-8-16-19)13-10(3)14(15-6-2)18-11(4)17-13/h7-8H,5-6,9H2,1-4H3,(H,15,17,18). The summed E-state index contributed by atoms with van der Waals surface area (Å²) in [5.74, 6) is 1.69. The highest BCUT2D eigenvalue weighted by Crippen LogP contribution is 2.25. The van der Waals surface area contributed by atoms with E-state index < -0.39 is 0 Å². The van der Waals surface area contributed by atoms with Crippen molar-refractivity contribution in [2.75, 3.05) is 11.9 Å². The van der Waals surface area contributed by atoms with E-state index in [1.807, 2.05) is 23.9 Å². The molecule has 5 nitrogen and oxygen atoms in total. The van der Waals surface area contributed by atoms with Crippen molar-refractivity contribution in [2.24, 2.45) is 0 Å². The van der Waals surface area contributed by atoms with Crippen molar-refractivity contribution in [3.8, 4) is 11.4 Å². The molecule has 0 saturated carbocycles. The van der Waals surface area contributed by atoms with Gasteiger partial charge in [-0.25, -0.2) is 9.97 Å². The first-order chi connectivity index (χ1) is 9.17. The Balaban J connectivity index is 2.51. The first-order valence-electron chi connectivity index (χ1n) is 6.78. The highest BCUT2D eigenvalue weighted by Gasteiger charge is 2.14. The van der Waals surface area contributed by atoms with Crippen LogP contribution in [-0.4, -0.2) is 26.3 Å². The lowest BCUT2D eigenvalue weighted by Crippen LogP contribution is -2.08. The van der Waals surface area contributed by atoms with Crippen molar-refractivity contribution in [1.82, 2.24) is 19.7 Å². The summed E-state index contributed by atoms with van der Waals surface area (Å²) in [4.78, 5) is 9.05. The number of aryl methyl sites for hydroxylation is 2. The minimum Gasteiger partial charge on any atom is -0.370 e. The minimum atomic E-state index is 0.779. The molecule has 19 heavy (non-hydrogen) atoms. The summed E-state index contributed by atoms with van der Waals surface area (Å²) >= 11 is 0. The average Bonchev–Trinajstić information content (AvgIpc) is 2.82. The summed E-state index contributed by atoms with van der Waals surface area (Å²) in [5.41, 5.74) is 3.10. The van der Waals surface area contributed by atoms with Gasteiger partial charge >= 0.3 is 0 Å². The predicted molar refractivity (Wildman–Crippen MR) is 77.2 cm³/mol. The Morgan fingerprint density at radius 2 is 2.00 bits per heavy atom. The molecule has 2 aromatic heterocycles. The summed E-state index contributed by atoms with van der Waals surface area (Å²) in [7, 11) is 0. The number of aromatic nitrogens is 4. The van der Waals surface area contributed by atoms with E-state index >= 15 is 0 Å². The van der Waals surface area contributed by atoms with E-state index in [0.29, 0.717) is 0 Å². The Morgan fingerprint density at radius 3 is 2.68 bits per heavy atom. The van der Waals surface area contributed by atoms with Crippen molar-refractivity contribution < 1.29 is 0 Å². The van der Waals surface area contributed by atoms with Crippen LogP contribution in [0.15, 0.2) is 12.3 Å². The van der Waals surface area contributed by atoms with Crippen LogP contribution in [0.5, 0.6) is 0 Å². The van der Waals surface area contributed by atoms with Gasteiger partial charge in [-0.15, -0.1) is 0 Å². The third-order valence-corrected chi connectivity index (χ3v) is 3.00. The van der Waals surface area contributed by atoms with Crippen LogP contribution >= 0.6 is 0 Å². The highest BCUT2D eigenvalue weighted by molar-refractivity contribution is 5.65. The molecule has 0 aromatic carbocycles. The lowest BCUT2D eigenvalue weighted by atomic mass is 10.1. The topological polar surface area (TPSA) is 55.6 Å². The Labute approximate surface area is 114 Å². The second-order valence-corrected chi connectivity index (χ2v) is 4.56. The molecule has 0 saturated heterocycles. The second-order valence-electron chi connectivity index (χ2n) is 4.56. The third-order valence-electron chi connectivity index (χ3n) is 3.00. The monoisotopic (exact) mass is 259 g/mol. The quantitative estimate of drug-likeness (QED) is 0.897. The Bertz CT molecular complexity index is 559. The molecule has 2 heterocycles. The molecular weight excluding hydrogens is 238 g/mol. The molecule has 0 aliphatic carbocycles. The van der Waals surface area contributed by atoms with E-state index in [-0.39, 0.29) is 0 Å². The molecule has 1 N–H and O–H groups in total. The summed E-state index contributed by atoms with van der Waals surface area (Å²) in [6.07, 6.45) is 2.88. The van der Waals surface area contributed by atoms with Crippen LogP contribution in [0.1, 0.15) is 31.7 Å². The summed E-state index contributed by atoms with van der Waals surface area (Å²) in [6, 6.07) is 2.01. The van der Waals surface area contributed by atoms with Gasteiger partial charge in [-0.3, -0.25) is 4.68 Å². The molecule has 0 spiro atoms. The molecule has 102 valence electrons.